The van der Waals surface area contributed by atoms with E-state index in [0.717, 1.165) is 0 Å². The highest BCUT2D eigenvalue weighted by Gasteiger charge is 2.14. The maximum atomic E-state index is 13.7. The smallest absolute Gasteiger partial charge is 0.184 e. The van der Waals surface area contributed by atoms with Gasteiger partial charge in [0.1, 0.15) is 5.52 Å². The van der Waals surface area contributed by atoms with Crippen molar-refractivity contribution in [2.24, 2.45) is 0 Å². The normalized spacial score (nSPS) is 11.3. The highest BCUT2D eigenvalue weighted by molar-refractivity contribution is 5.82. The van der Waals surface area contributed by atoms with Gasteiger partial charge >= 0.3 is 0 Å². The first-order valence-corrected chi connectivity index (χ1v) is 5.44. The summed E-state index contributed by atoms with van der Waals surface area (Å²) in [6.07, 6.45) is 2.28. The number of rotatable bonds is 4. The minimum absolute atomic E-state index is 0.235. The Labute approximate surface area is 98.0 Å². The van der Waals surface area contributed by atoms with Crippen LogP contribution in [0.25, 0.3) is 10.9 Å². The molecule has 0 aliphatic rings. The first kappa shape index (κ1) is 12.0. The third-order valence-corrected chi connectivity index (χ3v) is 2.74. The van der Waals surface area contributed by atoms with E-state index in [1.807, 2.05) is 0 Å². The van der Waals surface area contributed by atoms with Crippen LogP contribution >= 0.6 is 0 Å². The quantitative estimate of drug-likeness (QED) is 0.768. The summed E-state index contributed by atoms with van der Waals surface area (Å²) >= 11 is 0. The van der Waals surface area contributed by atoms with Gasteiger partial charge in [0.05, 0.1) is 6.20 Å². The maximum Gasteiger partial charge on any atom is 0.184 e. The number of hydrogen-bond acceptors (Lipinski definition) is 2. The number of fused-ring (bicyclic) bond motifs is 1. The van der Waals surface area contributed by atoms with Gasteiger partial charge < -0.3 is 4.74 Å². The van der Waals surface area contributed by atoms with Crippen molar-refractivity contribution in [1.29, 1.82) is 0 Å². The van der Waals surface area contributed by atoms with Crippen LogP contribution in [0.1, 0.15) is 12.0 Å². The fraction of sp³-hybridized carbons (Fsp3) is 0.417. The largest absolute Gasteiger partial charge is 0.385 e. The summed E-state index contributed by atoms with van der Waals surface area (Å²) in [6, 6.07) is 1.19. The zero-order valence-corrected chi connectivity index (χ0v) is 9.83. The molecule has 1 aromatic carbocycles. The lowest BCUT2D eigenvalue weighted by atomic mass is 10.1. The van der Waals surface area contributed by atoms with Gasteiger partial charge in [-0.15, -0.1) is 0 Å². The molecule has 17 heavy (non-hydrogen) atoms. The van der Waals surface area contributed by atoms with E-state index in [-0.39, 0.29) is 5.52 Å². The van der Waals surface area contributed by atoms with Crippen LogP contribution in [0.4, 0.5) is 8.78 Å². The summed E-state index contributed by atoms with van der Waals surface area (Å²) in [5, 5.41) is 4.74. The Balaban J connectivity index is 2.44. The van der Waals surface area contributed by atoms with Crippen LogP contribution in [0, 0.1) is 18.6 Å². The zero-order valence-electron chi connectivity index (χ0n) is 9.83. The number of methoxy groups -OCH3 is 1. The third kappa shape index (κ3) is 2.15. The first-order chi connectivity index (χ1) is 8.15. The fourth-order valence-electron chi connectivity index (χ4n) is 1.88. The average Bonchev–Trinajstić information content (AvgIpc) is 2.71. The molecule has 0 aliphatic carbocycles. The Morgan fingerprint density at radius 3 is 2.88 bits per heavy atom. The monoisotopic (exact) mass is 240 g/mol. The maximum absolute atomic E-state index is 13.7. The van der Waals surface area contributed by atoms with Crippen molar-refractivity contribution in [3.63, 3.8) is 0 Å². The molecular formula is C12H14F2N2O. The highest BCUT2D eigenvalue weighted by Crippen LogP contribution is 2.24. The van der Waals surface area contributed by atoms with Gasteiger partial charge in [-0.05, 0) is 25.0 Å². The van der Waals surface area contributed by atoms with Gasteiger partial charge in [0.25, 0.3) is 0 Å². The van der Waals surface area contributed by atoms with E-state index in [2.05, 4.69) is 5.10 Å². The molecule has 2 aromatic rings. The van der Waals surface area contributed by atoms with Crippen LogP contribution in [0.15, 0.2) is 12.3 Å². The summed E-state index contributed by atoms with van der Waals surface area (Å²) in [5.74, 6) is -1.66. The molecule has 0 saturated carbocycles. The fourth-order valence-corrected chi connectivity index (χ4v) is 1.88. The van der Waals surface area contributed by atoms with Crippen LogP contribution in [-0.2, 0) is 11.3 Å². The van der Waals surface area contributed by atoms with Gasteiger partial charge in [-0.3, -0.25) is 4.68 Å². The Morgan fingerprint density at radius 2 is 2.18 bits per heavy atom. The van der Waals surface area contributed by atoms with Crippen molar-refractivity contribution in [3.8, 4) is 0 Å². The van der Waals surface area contributed by atoms with E-state index in [1.54, 1.807) is 20.2 Å². The Bertz CT molecular complexity index is 537. The third-order valence-electron chi connectivity index (χ3n) is 2.74. The summed E-state index contributed by atoms with van der Waals surface area (Å²) in [6.45, 7) is 2.82. The van der Waals surface area contributed by atoms with Gasteiger partial charge in [0.2, 0.25) is 0 Å². The van der Waals surface area contributed by atoms with Gasteiger partial charge in [-0.1, -0.05) is 0 Å². The minimum Gasteiger partial charge on any atom is -0.385 e. The number of halogens is 2. The lowest BCUT2D eigenvalue weighted by molar-refractivity contribution is 0.189. The zero-order chi connectivity index (χ0) is 12.4. The van der Waals surface area contributed by atoms with Crippen molar-refractivity contribution in [2.75, 3.05) is 13.7 Å². The molecule has 3 nitrogen and oxygen atoms in total. The van der Waals surface area contributed by atoms with Crippen LogP contribution < -0.4 is 0 Å². The van der Waals surface area contributed by atoms with Gasteiger partial charge in [-0.25, -0.2) is 8.78 Å². The molecule has 0 fully saturated rings. The van der Waals surface area contributed by atoms with E-state index >= 15 is 0 Å². The topological polar surface area (TPSA) is 27.1 Å². The molecule has 2 rings (SSSR count). The van der Waals surface area contributed by atoms with Gasteiger partial charge in [-0.2, -0.15) is 5.10 Å². The van der Waals surface area contributed by atoms with Crippen LogP contribution in [0.5, 0.6) is 0 Å². The average molecular weight is 240 g/mol. The minimum atomic E-state index is -0.833. The second kappa shape index (κ2) is 4.79. The second-order valence-electron chi connectivity index (χ2n) is 3.97. The van der Waals surface area contributed by atoms with Gasteiger partial charge in [0, 0.05) is 25.6 Å². The van der Waals surface area contributed by atoms with Crippen molar-refractivity contribution < 1.29 is 13.5 Å². The standard InChI is InChI=1S/C12H14F2N2O/c1-8-6-10(13)11(14)12-9(8)7-15-16(12)4-3-5-17-2/h6-7H,3-5H2,1-2H3. The molecule has 0 N–H and O–H groups in total. The van der Waals surface area contributed by atoms with Gasteiger partial charge in [0.15, 0.2) is 11.6 Å². The van der Waals surface area contributed by atoms with Crippen molar-refractivity contribution in [2.45, 2.75) is 19.9 Å². The number of aromatic nitrogens is 2. The summed E-state index contributed by atoms with van der Waals surface area (Å²) < 4.78 is 33.4. The summed E-state index contributed by atoms with van der Waals surface area (Å²) in [4.78, 5) is 0. The van der Waals surface area contributed by atoms with Crippen LogP contribution in [-0.4, -0.2) is 23.5 Å². The molecular weight excluding hydrogens is 226 g/mol. The highest BCUT2D eigenvalue weighted by atomic mass is 19.2. The van der Waals surface area contributed by atoms with Crippen molar-refractivity contribution in [1.82, 2.24) is 9.78 Å². The molecule has 1 heterocycles. The molecule has 92 valence electrons. The molecule has 0 saturated heterocycles. The first-order valence-electron chi connectivity index (χ1n) is 5.44. The van der Waals surface area contributed by atoms with E-state index in [9.17, 15) is 8.78 Å². The predicted octanol–water partition coefficient (Wildman–Crippen LogP) is 2.66. The van der Waals surface area contributed by atoms with Crippen molar-refractivity contribution in [3.05, 3.63) is 29.5 Å². The Hall–Kier alpha value is -1.49. The Kier molecular flexibility index (Phi) is 3.38. The van der Waals surface area contributed by atoms with Crippen LogP contribution in [0.3, 0.4) is 0 Å². The van der Waals surface area contributed by atoms with E-state index in [0.29, 0.717) is 30.5 Å². The lowest BCUT2D eigenvalue weighted by Crippen LogP contribution is -2.04. The number of hydrogen-bond donors (Lipinski definition) is 0. The number of ether oxygens (including phenoxy) is 1. The molecule has 0 aliphatic heterocycles. The number of aryl methyl sites for hydroxylation is 2. The number of benzene rings is 1. The molecule has 0 spiro atoms. The molecule has 0 radical (unpaired) electrons. The molecule has 0 amide bonds. The van der Waals surface area contributed by atoms with Crippen LogP contribution in [0.2, 0.25) is 0 Å². The molecule has 0 atom stereocenters. The van der Waals surface area contributed by atoms with E-state index in [4.69, 9.17) is 4.74 Å². The predicted molar refractivity (Wildman–Crippen MR) is 60.9 cm³/mol. The summed E-state index contributed by atoms with van der Waals surface area (Å²) in [5.41, 5.74) is 0.926. The van der Waals surface area contributed by atoms with E-state index in [1.165, 1.54) is 10.7 Å². The molecule has 0 bridgehead atoms. The van der Waals surface area contributed by atoms with E-state index < -0.39 is 11.6 Å². The Morgan fingerprint density at radius 1 is 1.41 bits per heavy atom. The second-order valence-corrected chi connectivity index (χ2v) is 3.97. The molecule has 5 heteroatoms. The summed E-state index contributed by atoms with van der Waals surface area (Å²) in [7, 11) is 1.60. The van der Waals surface area contributed by atoms with Crippen molar-refractivity contribution >= 4 is 10.9 Å². The number of nitrogens with zero attached hydrogens (tertiary/aromatic N) is 2. The molecule has 0 unspecified atom stereocenters. The molecule has 1 aromatic heterocycles. The lowest BCUT2D eigenvalue weighted by Gasteiger charge is -2.05. The SMILES string of the molecule is COCCCn1ncc2c(C)cc(F)c(F)c21.